The van der Waals surface area contributed by atoms with E-state index in [1.54, 1.807) is 6.92 Å². The van der Waals surface area contributed by atoms with E-state index in [0.717, 1.165) is 5.56 Å². The Morgan fingerprint density at radius 3 is 2.52 bits per heavy atom. The molecule has 0 saturated carbocycles. The van der Waals surface area contributed by atoms with Crippen molar-refractivity contribution >= 4 is 5.91 Å². The molecule has 2 aromatic rings. The van der Waals surface area contributed by atoms with E-state index in [9.17, 15) is 4.79 Å². The minimum absolute atomic E-state index is 0.00611. The summed E-state index contributed by atoms with van der Waals surface area (Å²) in [6, 6.07) is 9.77. The van der Waals surface area contributed by atoms with Crippen molar-refractivity contribution in [2.75, 3.05) is 6.54 Å². The molecule has 0 bridgehead atoms. The number of benzene rings is 1. The highest BCUT2D eigenvalue weighted by Crippen LogP contribution is 2.26. The third-order valence-electron chi connectivity index (χ3n) is 3.14. The van der Waals surface area contributed by atoms with Crippen molar-refractivity contribution in [1.82, 2.24) is 15.5 Å². The van der Waals surface area contributed by atoms with Gasteiger partial charge in [-0.3, -0.25) is 4.79 Å². The van der Waals surface area contributed by atoms with E-state index >= 15 is 0 Å². The smallest absolute Gasteiger partial charge is 0.224 e. The molecule has 1 aromatic carbocycles. The molecule has 112 valence electrons. The number of hydrogen-bond acceptors (Lipinski definition) is 4. The fourth-order valence-electron chi connectivity index (χ4n) is 2.06. The lowest BCUT2D eigenvalue weighted by Gasteiger charge is -2.14. The molecule has 0 aliphatic heterocycles. The average molecular weight is 287 g/mol. The predicted molar refractivity (Wildman–Crippen MR) is 79.8 cm³/mol. The number of aromatic nitrogens is 2. The van der Waals surface area contributed by atoms with Gasteiger partial charge < -0.3 is 9.73 Å². The molecule has 0 aliphatic rings. The molecule has 2 rings (SSSR count). The molecule has 0 fully saturated rings. The van der Waals surface area contributed by atoms with Crippen LogP contribution in [0.25, 0.3) is 0 Å². The quantitative estimate of drug-likeness (QED) is 0.887. The van der Waals surface area contributed by atoms with Crippen LogP contribution in [0.1, 0.15) is 43.5 Å². The number of nitrogens with zero attached hydrogens (tertiary/aromatic N) is 2. The molecule has 1 unspecified atom stereocenters. The second-order valence-corrected chi connectivity index (χ2v) is 5.52. The standard InChI is InChI=1S/C16H21N3O2/c1-11(2)10-17-15(20)9-14(13-7-5-4-6-8-13)16-19-18-12(3)21-16/h4-8,11,14H,9-10H2,1-3H3,(H,17,20). The van der Waals surface area contributed by atoms with Gasteiger partial charge in [0.1, 0.15) is 0 Å². The average Bonchev–Trinajstić information content (AvgIpc) is 2.90. The monoisotopic (exact) mass is 287 g/mol. The van der Waals surface area contributed by atoms with Gasteiger partial charge in [0.05, 0.1) is 5.92 Å². The molecule has 1 atom stereocenters. The normalized spacial score (nSPS) is 12.4. The molecule has 1 amide bonds. The summed E-state index contributed by atoms with van der Waals surface area (Å²) in [6.45, 7) is 6.55. The Morgan fingerprint density at radius 2 is 1.95 bits per heavy atom. The van der Waals surface area contributed by atoms with Gasteiger partial charge in [-0.15, -0.1) is 10.2 Å². The Morgan fingerprint density at radius 1 is 1.24 bits per heavy atom. The summed E-state index contributed by atoms with van der Waals surface area (Å²) in [5, 5.41) is 10.9. The molecule has 0 aliphatic carbocycles. The first-order valence-electron chi connectivity index (χ1n) is 7.18. The Bertz CT molecular complexity index is 578. The Hall–Kier alpha value is -2.17. The van der Waals surface area contributed by atoms with Crippen LogP contribution in [0.5, 0.6) is 0 Å². The summed E-state index contributed by atoms with van der Waals surface area (Å²) in [5.41, 5.74) is 1.00. The van der Waals surface area contributed by atoms with E-state index in [2.05, 4.69) is 29.4 Å². The lowest BCUT2D eigenvalue weighted by atomic mass is 9.95. The van der Waals surface area contributed by atoms with Crippen molar-refractivity contribution in [3.8, 4) is 0 Å². The van der Waals surface area contributed by atoms with Crippen LogP contribution in [0.4, 0.5) is 0 Å². The zero-order valence-corrected chi connectivity index (χ0v) is 12.7. The van der Waals surface area contributed by atoms with Crippen molar-refractivity contribution in [1.29, 1.82) is 0 Å². The topological polar surface area (TPSA) is 68.0 Å². The van der Waals surface area contributed by atoms with E-state index in [0.29, 0.717) is 30.7 Å². The van der Waals surface area contributed by atoms with Crippen molar-refractivity contribution in [3.05, 3.63) is 47.7 Å². The summed E-state index contributed by atoms with van der Waals surface area (Å²) in [4.78, 5) is 12.1. The summed E-state index contributed by atoms with van der Waals surface area (Å²) in [6.07, 6.45) is 0.304. The zero-order valence-electron chi connectivity index (χ0n) is 12.7. The highest BCUT2D eigenvalue weighted by Gasteiger charge is 2.23. The fourth-order valence-corrected chi connectivity index (χ4v) is 2.06. The van der Waals surface area contributed by atoms with Gasteiger partial charge in [0.25, 0.3) is 0 Å². The van der Waals surface area contributed by atoms with Crippen LogP contribution in [0.15, 0.2) is 34.7 Å². The molecule has 5 heteroatoms. The van der Waals surface area contributed by atoms with E-state index in [-0.39, 0.29) is 11.8 Å². The van der Waals surface area contributed by atoms with Gasteiger partial charge in [-0.2, -0.15) is 0 Å². The number of rotatable bonds is 6. The van der Waals surface area contributed by atoms with Crippen LogP contribution in [0.3, 0.4) is 0 Å². The van der Waals surface area contributed by atoms with Crippen LogP contribution in [0, 0.1) is 12.8 Å². The van der Waals surface area contributed by atoms with Crippen LogP contribution < -0.4 is 5.32 Å². The highest BCUT2D eigenvalue weighted by atomic mass is 16.4. The maximum absolute atomic E-state index is 12.1. The van der Waals surface area contributed by atoms with Gasteiger partial charge in [0, 0.05) is 19.9 Å². The molecule has 1 N–H and O–H groups in total. The van der Waals surface area contributed by atoms with E-state index in [1.807, 2.05) is 30.3 Å². The molecule has 21 heavy (non-hydrogen) atoms. The van der Waals surface area contributed by atoms with E-state index < -0.39 is 0 Å². The number of nitrogens with one attached hydrogen (secondary N) is 1. The third-order valence-corrected chi connectivity index (χ3v) is 3.14. The summed E-state index contributed by atoms with van der Waals surface area (Å²) in [5.74, 6) is 1.20. The lowest BCUT2D eigenvalue weighted by Crippen LogP contribution is -2.28. The molecular formula is C16H21N3O2. The van der Waals surface area contributed by atoms with Gasteiger partial charge in [-0.05, 0) is 11.5 Å². The van der Waals surface area contributed by atoms with E-state index in [1.165, 1.54) is 0 Å². The molecular weight excluding hydrogens is 266 g/mol. The first-order valence-corrected chi connectivity index (χ1v) is 7.18. The predicted octanol–water partition coefficient (Wildman–Crippen LogP) is 2.67. The van der Waals surface area contributed by atoms with Gasteiger partial charge >= 0.3 is 0 Å². The van der Waals surface area contributed by atoms with E-state index in [4.69, 9.17) is 4.42 Å². The number of carbonyl (C=O) groups excluding carboxylic acids is 1. The lowest BCUT2D eigenvalue weighted by molar-refractivity contribution is -0.121. The minimum Gasteiger partial charge on any atom is -0.425 e. The Balaban J connectivity index is 2.15. The number of aryl methyl sites for hydroxylation is 1. The summed E-state index contributed by atoms with van der Waals surface area (Å²) < 4.78 is 5.52. The van der Waals surface area contributed by atoms with Crippen molar-refractivity contribution in [3.63, 3.8) is 0 Å². The van der Waals surface area contributed by atoms with Gasteiger partial charge in [0.2, 0.25) is 17.7 Å². The first kappa shape index (κ1) is 15.2. The van der Waals surface area contributed by atoms with Crippen molar-refractivity contribution in [2.24, 2.45) is 5.92 Å². The fraction of sp³-hybridized carbons (Fsp3) is 0.438. The number of hydrogen-bond donors (Lipinski definition) is 1. The first-order chi connectivity index (χ1) is 10.1. The highest BCUT2D eigenvalue weighted by molar-refractivity contribution is 5.77. The zero-order chi connectivity index (χ0) is 15.2. The number of amides is 1. The summed E-state index contributed by atoms with van der Waals surface area (Å²) in [7, 11) is 0. The Kier molecular flexibility index (Phi) is 5.09. The van der Waals surface area contributed by atoms with Crippen LogP contribution in [-0.2, 0) is 4.79 Å². The minimum atomic E-state index is -0.209. The number of carbonyl (C=O) groups is 1. The Labute approximate surface area is 124 Å². The maximum atomic E-state index is 12.1. The molecule has 0 spiro atoms. The molecule has 5 nitrogen and oxygen atoms in total. The molecule has 1 heterocycles. The largest absolute Gasteiger partial charge is 0.425 e. The van der Waals surface area contributed by atoms with Crippen LogP contribution in [-0.4, -0.2) is 22.6 Å². The SMILES string of the molecule is Cc1nnc(C(CC(=O)NCC(C)C)c2ccccc2)o1. The van der Waals surface area contributed by atoms with Gasteiger partial charge in [-0.25, -0.2) is 0 Å². The molecule has 1 aromatic heterocycles. The van der Waals surface area contributed by atoms with Gasteiger partial charge in [0.15, 0.2) is 0 Å². The summed E-state index contributed by atoms with van der Waals surface area (Å²) >= 11 is 0. The van der Waals surface area contributed by atoms with Crippen molar-refractivity contribution in [2.45, 2.75) is 33.1 Å². The second-order valence-electron chi connectivity index (χ2n) is 5.52. The van der Waals surface area contributed by atoms with Crippen molar-refractivity contribution < 1.29 is 9.21 Å². The molecule has 0 radical (unpaired) electrons. The maximum Gasteiger partial charge on any atom is 0.224 e. The van der Waals surface area contributed by atoms with Gasteiger partial charge in [-0.1, -0.05) is 44.2 Å². The van der Waals surface area contributed by atoms with Crippen LogP contribution in [0.2, 0.25) is 0 Å². The van der Waals surface area contributed by atoms with Crippen LogP contribution >= 0.6 is 0 Å². The second kappa shape index (κ2) is 7.02. The molecule has 0 saturated heterocycles. The third kappa shape index (κ3) is 4.41.